The van der Waals surface area contributed by atoms with Gasteiger partial charge in [0.05, 0.1) is 32.3 Å². The van der Waals surface area contributed by atoms with Gasteiger partial charge in [-0.05, 0) is 29.8 Å². The smallest absolute Gasteiger partial charge is 0.306 e. The molecule has 0 aromatic heterocycles. The van der Waals surface area contributed by atoms with Crippen LogP contribution in [0, 0.1) is 0 Å². The number of morpholine rings is 1. The van der Waals surface area contributed by atoms with Gasteiger partial charge in [-0.2, -0.15) is 0 Å². The van der Waals surface area contributed by atoms with E-state index < -0.39 is 11.9 Å². The molecule has 8 nitrogen and oxygen atoms in total. The van der Waals surface area contributed by atoms with Crippen LogP contribution >= 0.6 is 0 Å². The summed E-state index contributed by atoms with van der Waals surface area (Å²) in [6.45, 7) is 2.43. The molecule has 2 aliphatic rings. The van der Waals surface area contributed by atoms with Crippen molar-refractivity contribution >= 4 is 11.8 Å². The summed E-state index contributed by atoms with van der Waals surface area (Å²) in [4.78, 5) is 27.1. The minimum atomic E-state index is -0.640. The van der Waals surface area contributed by atoms with E-state index in [0.717, 1.165) is 0 Å². The molecule has 0 radical (unpaired) electrons. The molecule has 2 heterocycles. The molecule has 1 saturated heterocycles. The van der Waals surface area contributed by atoms with E-state index in [1.54, 1.807) is 18.3 Å². The fourth-order valence-corrected chi connectivity index (χ4v) is 3.80. The summed E-state index contributed by atoms with van der Waals surface area (Å²) < 4.78 is 16.1. The van der Waals surface area contributed by atoms with Crippen molar-refractivity contribution in [2.45, 2.75) is 12.3 Å². The van der Waals surface area contributed by atoms with Gasteiger partial charge in [0.1, 0.15) is 17.2 Å². The molecule has 0 amide bonds. The molecule has 2 aliphatic heterocycles. The molecule has 31 heavy (non-hydrogen) atoms. The highest BCUT2D eigenvalue weighted by Crippen LogP contribution is 2.46. The molecule has 162 valence electrons. The molecule has 8 heteroatoms. The van der Waals surface area contributed by atoms with Gasteiger partial charge in [0.2, 0.25) is 5.78 Å². The molecule has 0 aliphatic carbocycles. The van der Waals surface area contributed by atoms with Gasteiger partial charge in [0, 0.05) is 30.8 Å². The van der Waals surface area contributed by atoms with Crippen molar-refractivity contribution in [2.24, 2.45) is 0 Å². The highest BCUT2D eigenvalue weighted by molar-refractivity contribution is 6.12. The van der Waals surface area contributed by atoms with Gasteiger partial charge in [-0.3, -0.25) is 9.59 Å². The zero-order valence-corrected chi connectivity index (χ0v) is 17.0. The predicted molar refractivity (Wildman–Crippen MR) is 110 cm³/mol. The van der Waals surface area contributed by atoms with Crippen LogP contribution in [-0.2, 0) is 14.3 Å². The Morgan fingerprint density at radius 1 is 1.16 bits per heavy atom. The number of phenolic OH excluding ortho intramolecular Hbond substituents is 2. The lowest BCUT2D eigenvalue weighted by Gasteiger charge is -2.25. The van der Waals surface area contributed by atoms with Crippen molar-refractivity contribution in [3.05, 3.63) is 65.0 Å². The highest BCUT2D eigenvalue weighted by Gasteiger charge is 2.35. The van der Waals surface area contributed by atoms with Crippen LogP contribution in [-0.4, -0.2) is 60.3 Å². The van der Waals surface area contributed by atoms with Crippen molar-refractivity contribution < 1.29 is 34.0 Å². The van der Waals surface area contributed by atoms with Crippen molar-refractivity contribution in [3.8, 4) is 17.2 Å². The number of rotatable bonds is 5. The van der Waals surface area contributed by atoms with Crippen LogP contribution in [0.5, 0.6) is 17.2 Å². The summed E-state index contributed by atoms with van der Waals surface area (Å²) in [5.41, 5.74) is 1.31. The van der Waals surface area contributed by atoms with E-state index >= 15 is 0 Å². The number of nitrogens with zero attached hydrogens (tertiary/aromatic N) is 1. The minimum absolute atomic E-state index is 0.0743. The second-order valence-electron chi connectivity index (χ2n) is 7.37. The van der Waals surface area contributed by atoms with Gasteiger partial charge in [0.15, 0.2) is 5.76 Å². The summed E-state index contributed by atoms with van der Waals surface area (Å²) in [7, 11) is 1.29. The highest BCUT2D eigenvalue weighted by atomic mass is 16.5. The largest absolute Gasteiger partial charge is 0.508 e. The number of Topliss-reactive ketones (excluding diaryl/α,β-unsaturated/α-hetero) is 1. The summed E-state index contributed by atoms with van der Waals surface area (Å²) in [6, 6.07) is 9.25. The normalized spacial score (nSPS) is 17.9. The Labute approximate surface area is 179 Å². The number of hydrogen-bond acceptors (Lipinski definition) is 8. The fourth-order valence-electron chi connectivity index (χ4n) is 3.80. The van der Waals surface area contributed by atoms with Crippen LogP contribution < -0.4 is 4.74 Å². The Morgan fingerprint density at radius 3 is 2.55 bits per heavy atom. The Morgan fingerprint density at radius 2 is 1.87 bits per heavy atom. The second kappa shape index (κ2) is 8.69. The van der Waals surface area contributed by atoms with Crippen molar-refractivity contribution in [1.82, 2.24) is 4.90 Å². The first kappa shape index (κ1) is 20.7. The first-order valence-corrected chi connectivity index (χ1v) is 9.95. The third kappa shape index (κ3) is 4.20. The Hall–Kier alpha value is -3.52. The van der Waals surface area contributed by atoms with Gasteiger partial charge in [-0.1, -0.05) is 12.1 Å². The number of ketones is 1. The number of esters is 1. The third-order valence-electron chi connectivity index (χ3n) is 5.44. The first-order chi connectivity index (χ1) is 15.0. The molecule has 0 spiro atoms. The predicted octanol–water partition coefficient (Wildman–Crippen LogP) is 2.54. The molecule has 0 unspecified atom stereocenters. The minimum Gasteiger partial charge on any atom is -0.508 e. The molecule has 1 fully saturated rings. The van der Waals surface area contributed by atoms with E-state index in [1.165, 1.54) is 31.4 Å². The van der Waals surface area contributed by atoms with Crippen molar-refractivity contribution in [3.63, 3.8) is 0 Å². The Bertz CT molecular complexity index is 1020. The lowest BCUT2D eigenvalue weighted by molar-refractivity contribution is -0.140. The van der Waals surface area contributed by atoms with Crippen molar-refractivity contribution in [2.75, 3.05) is 33.4 Å². The number of benzene rings is 2. The molecular weight excluding hydrogens is 402 g/mol. The lowest BCUT2D eigenvalue weighted by Crippen LogP contribution is -2.32. The number of allylic oxidation sites excluding steroid dienone is 1. The maximum atomic E-state index is 13.0. The number of fused-ring (bicyclic) bond motifs is 1. The molecule has 4 rings (SSSR count). The monoisotopic (exact) mass is 425 g/mol. The van der Waals surface area contributed by atoms with Crippen LogP contribution in [0.1, 0.15) is 33.8 Å². The Kier molecular flexibility index (Phi) is 5.81. The summed E-state index contributed by atoms with van der Waals surface area (Å²) in [6.07, 6.45) is 1.59. The van der Waals surface area contributed by atoms with Crippen LogP contribution in [0.15, 0.2) is 48.4 Å². The van der Waals surface area contributed by atoms with Crippen LogP contribution in [0.4, 0.5) is 0 Å². The second-order valence-corrected chi connectivity index (χ2v) is 7.37. The molecular formula is C23H23NO7. The summed E-state index contributed by atoms with van der Waals surface area (Å²) >= 11 is 0. The van der Waals surface area contributed by atoms with E-state index in [9.17, 15) is 19.8 Å². The Balaban J connectivity index is 1.76. The standard InChI is InChI=1S/C23H23NO7/c1-29-20(27)12-17(14-2-4-15(25)5-3-14)21-18(26)7-6-16-22(28)19(31-23(16)21)13-24-8-10-30-11-9-24/h2-7,13,17,25-26H,8-12H2,1H3/b19-13-/t17-/m0/s1. The van der Waals surface area contributed by atoms with E-state index in [1.807, 2.05) is 4.90 Å². The van der Waals surface area contributed by atoms with Crippen molar-refractivity contribution in [1.29, 1.82) is 0 Å². The number of carbonyl (C=O) groups excluding carboxylic acids is 2. The van der Waals surface area contributed by atoms with Crippen LogP contribution in [0.25, 0.3) is 0 Å². The molecule has 2 aromatic carbocycles. The summed E-state index contributed by atoms with van der Waals surface area (Å²) in [5, 5.41) is 20.3. The van der Waals surface area contributed by atoms with Gasteiger partial charge >= 0.3 is 5.97 Å². The van der Waals surface area contributed by atoms with Gasteiger partial charge in [-0.25, -0.2) is 0 Å². The van der Waals surface area contributed by atoms with Gasteiger partial charge < -0.3 is 29.3 Å². The zero-order valence-electron chi connectivity index (χ0n) is 17.0. The van der Waals surface area contributed by atoms with E-state index in [4.69, 9.17) is 14.2 Å². The number of hydrogen-bond donors (Lipinski definition) is 2. The van der Waals surface area contributed by atoms with E-state index in [-0.39, 0.29) is 35.2 Å². The third-order valence-corrected chi connectivity index (χ3v) is 5.44. The number of aromatic hydroxyl groups is 2. The maximum absolute atomic E-state index is 13.0. The quantitative estimate of drug-likeness (QED) is 0.556. The molecule has 0 saturated carbocycles. The summed E-state index contributed by atoms with van der Waals surface area (Å²) in [5.74, 6) is -1.04. The number of ether oxygens (including phenoxy) is 3. The average Bonchev–Trinajstić information content (AvgIpc) is 3.09. The fraction of sp³-hybridized carbons (Fsp3) is 0.304. The van der Waals surface area contributed by atoms with Gasteiger partial charge in [-0.15, -0.1) is 0 Å². The number of carbonyl (C=O) groups is 2. The topological polar surface area (TPSA) is 106 Å². The van der Waals surface area contributed by atoms with Crippen LogP contribution in [0.2, 0.25) is 0 Å². The molecule has 0 bridgehead atoms. The SMILES string of the molecule is COC(=O)C[C@@H](c1ccc(O)cc1)c1c(O)ccc2c1O/C(=C\N1CCOCC1)C2=O. The molecule has 2 aromatic rings. The number of methoxy groups -OCH3 is 1. The van der Waals surface area contributed by atoms with Gasteiger partial charge in [0.25, 0.3) is 0 Å². The molecule has 1 atom stereocenters. The van der Waals surface area contributed by atoms with Crippen LogP contribution in [0.3, 0.4) is 0 Å². The zero-order chi connectivity index (χ0) is 22.0. The maximum Gasteiger partial charge on any atom is 0.306 e. The lowest BCUT2D eigenvalue weighted by atomic mass is 9.86. The average molecular weight is 425 g/mol. The van der Waals surface area contributed by atoms with E-state index in [0.29, 0.717) is 43.0 Å². The number of phenols is 2. The first-order valence-electron chi connectivity index (χ1n) is 9.95. The molecule has 2 N–H and O–H groups in total. The van der Waals surface area contributed by atoms with E-state index in [2.05, 4.69) is 0 Å².